The maximum absolute atomic E-state index is 12.4. The first-order chi connectivity index (χ1) is 13.4. The second-order valence-electron chi connectivity index (χ2n) is 6.14. The molecule has 28 heavy (non-hydrogen) atoms. The number of aryl methyl sites for hydroxylation is 2. The molecule has 0 bridgehead atoms. The number of hydrogen-bond acceptors (Lipinski definition) is 7. The minimum absolute atomic E-state index is 0.0819. The number of benzene rings is 2. The summed E-state index contributed by atoms with van der Waals surface area (Å²) in [5.74, 6) is 0.304. The van der Waals surface area contributed by atoms with Crippen LogP contribution in [0.25, 0.3) is 15.5 Å². The molecule has 0 unspecified atom stereocenters. The fraction of sp³-hybridized carbons (Fsp3) is 0.111. The van der Waals surface area contributed by atoms with Crippen LogP contribution in [0.1, 0.15) is 21.7 Å². The van der Waals surface area contributed by atoms with Gasteiger partial charge in [0.1, 0.15) is 5.01 Å². The maximum Gasteiger partial charge on any atom is 0.273 e. The molecule has 0 fully saturated rings. The molecule has 4 aromatic rings. The zero-order valence-electron chi connectivity index (χ0n) is 14.9. The number of nitro groups is 1. The lowest BCUT2D eigenvalue weighted by molar-refractivity contribution is -0.385. The van der Waals surface area contributed by atoms with Crippen LogP contribution in [0, 0.1) is 24.0 Å². The summed E-state index contributed by atoms with van der Waals surface area (Å²) in [6.07, 6.45) is 0. The van der Waals surface area contributed by atoms with Crippen molar-refractivity contribution in [1.82, 2.24) is 19.8 Å². The molecular weight excluding hydrogens is 380 g/mol. The van der Waals surface area contributed by atoms with Crippen molar-refractivity contribution in [3.8, 4) is 10.6 Å². The fourth-order valence-corrected chi connectivity index (χ4v) is 3.57. The van der Waals surface area contributed by atoms with Crippen molar-refractivity contribution in [2.75, 3.05) is 5.32 Å². The van der Waals surface area contributed by atoms with Gasteiger partial charge in [0, 0.05) is 28.4 Å². The Bertz CT molecular complexity index is 1210. The zero-order valence-corrected chi connectivity index (χ0v) is 15.7. The number of carbonyl (C=O) groups excluding carboxylic acids is 1. The van der Waals surface area contributed by atoms with E-state index in [-0.39, 0.29) is 11.3 Å². The molecule has 0 saturated heterocycles. The van der Waals surface area contributed by atoms with E-state index >= 15 is 0 Å². The lowest BCUT2D eigenvalue weighted by Gasteiger charge is -2.06. The molecule has 0 spiro atoms. The number of rotatable bonds is 4. The van der Waals surface area contributed by atoms with E-state index in [4.69, 9.17) is 0 Å². The average molecular weight is 394 g/mol. The SMILES string of the molecule is Cc1ccc(C(=O)Nc2ccc(-c3nn4c(C)nnc4s3)cc2)cc1[N+](=O)[O-]. The Hall–Kier alpha value is -3.66. The topological polar surface area (TPSA) is 115 Å². The third-order valence-corrected chi connectivity index (χ3v) is 5.15. The molecule has 0 atom stereocenters. The Labute approximate surface area is 162 Å². The van der Waals surface area contributed by atoms with E-state index in [1.807, 2.05) is 19.1 Å². The lowest BCUT2D eigenvalue weighted by Crippen LogP contribution is -2.12. The van der Waals surface area contributed by atoms with Gasteiger partial charge in [-0.25, -0.2) is 0 Å². The van der Waals surface area contributed by atoms with Crippen LogP contribution in [0.15, 0.2) is 42.5 Å². The first-order valence-electron chi connectivity index (χ1n) is 8.28. The molecule has 2 aromatic carbocycles. The van der Waals surface area contributed by atoms with Gasteiger partial charge in [0.05, 0.1) is 4.92 Å². The van der Waals surface area contributed by atoms with Gasteiger partial charge in [0.15, 0.2) is 5.82 Å². The molecule has 9 nitrogen and oxygen atoms in total. The number of nitrogens with zero attached hydrogens (tertiary/aromatic N) is 5. The largest absolute Gasteiger partial charge is 0.322 e. The zero-order chi connectivity index (χ0) is 19.8. The summed E-state index contributed by atoms with van der Waals surface area (Å²) < 4.78 is 1.68. The Morgan fingerprint density at radius 2 is 1.89 bits per heavy atom. The summed E-state index contributed by atoms with van der Waals surface area (Å²) in [7, 11) is 0. The molecule has 2 aromatic heterocycles. The van der Waals surface area contributed by atoms with E-state index in [9.17, 15) is 14.9 Å². The first-order valence-corrected chi connectivity index (χ1v) is 9.10. The molecular formula is C18H14N6O3S. The van der Waals surface area contributed by atoms with Crippen LogP contribution in [0.4, 0.5) is 11.4 Å². The Morgan fingerprint density at radius 1 is 1.14 bits per heavy atom. The van der Waals surface area contributed by atoms with Gasteiger partial charge in [-0.15, -0.1) is 10.2 Å². The Kier molecular flexibility index (Phi) is 4.32. The van der Waals surface area contributed by atoms with Gasteiger partial charge < -0.3 is 5.32 Å². The Morgan fingerprint density at radius 3 is 2.57 bits per heavy atom. The van der Waals surface area contributed by atoms with Crippen LogP contribution in [0.3, 0.4) is 0 Å². The average Bonchev–Trinajstić information content (AvgIpc) is 3.24. The third-order valence-electron chi connectivity index (χ3n) is 4.20. The highest BCUT2D eigenvalue weighted by molar-refractivity contribution is 7.19. The van der Waals surface area contributed by atoms with Gasteiger partial charge in [-0.2, -0.15) is 9.61 Å². The monoisotopic (exact) mass is 394 g/mol. The van der Waals surface area contributed by atoms with Crippen LogP contribution < -0.4 is 5.32 Å². The maximum atomic E-state index is 12.4. The van der Waals surface area contributed by atoms with Gasteiger partial charge in [-0.3, -0.25) is 14.9 Å². The van der Waals surface area contributed by atoms with Crippen molar-refractivity contribution >= 4 is 33.6 Å². The van der Waals surface area contributed by atoms with Crippen molar-refractivity contribution in [2.45, 2.75) is 13.8 Å². The van der Waals surface area contributed by atoms with Gasteiger partial charge in [-0.1, -0.05) is 17.4 Å². The molecule has 140 valence electrons. The number of hydrogen-bond donors (Lipinski definition) is 1. The second-order valence-corrected chi connectivity index (χ2v) is 7.09. The number of aromatic nitrogens is 4. The summed E-state index contributed by atoms with van der Waals surface area (Å²) >= 11 is 1.42. The number of nitro benzene ring substituents is 1. The quantitative estimate of drug-likeness (QED) is 0.417. The van der Waals surface area contributed by atoms with Crippen LogP contribution in [-0.2, 0) is 0 Å². The predicted octanol–water partition coefficient (Wildman–Crippen LogP) is 3.63. The van der Waals surface area contributed by atoms with Gasteiger partial charge in [-0.05, 0) is 44.2 Å². The smallest absolute Gasteiger partial charge is 0.273 e. The summed E-state index contributed by atoms with van der Waals surface area (Å²) in [6, 6.07) is 11.6. The number of carbonyl (C=O) groups is 1. The molecule has 4 rings (SSSR count). The molecule has 2 heterocycles. The summed E-state index contributed by atoms with van der Waals surface area (Å²) in [4.78, 5) is 23.7. The molecule has 0 aliphatic rings. The molecule has 10 heteroatoms. The van der Waals surface area contributed by atoms with E-state index in [2.05, 4.69) is 20.6 Å². The minimum Gasteiger partial charge on any atom is -0.322 e. The number of amides is 1. The minimum atomic E-state index is -0.497. The fourth-order valence-electron chi connectivity index (χ4n) is 2.68. The number of fused-ring (bicyclic) bond motifs is 1. The van der Waals surface area contributed by atoms with Crippen LogP contribution in [0.2, 0.25) is 0 Å². The van der Waals surface area contributed by atoms with Crippen LogP contribution in [0.5, 0.6) is 0 Å². The van der Waals surface area contributed by atoms with Crippen molar-refractivity contribution < 1.29 is 9.72 Å². The van der Waals surface area contributed by atoms with Gasteiger partial charge in [0.2, 0.25) is 4.96 Å². The van der Waals surface area contributed by atoms with E-state index in [0.29, 0.717) is 22.0 Å². The molecule has 1 amide bonds. The van der Waals surface area contributed by atoms with E-state index < -0.39 is 10.8 Å². The van der Waals surface area contributed by atoms with Gasteiger partial charge in [0.25, 0.3) is 11.6 Å². The highest BCUT2D eigenvalue weighted by Gasteiger charge is 2.15. The lowest BCUT2D eigenvalue weighted by atomic mass is 10.1. The van der Waals surface area contributed by atoms with Crippen molar-refractivity contribution in [1.29, 1.82) is 0 Å². The summed E-state index contributed by atoms with van der Waals surface area (Å²) in [5.41, 5.74) is 2.12. The normalized spacial score (nSPS) is 10.9. The molecule has 1 N–H and O–H groups in total. The van der Waals surface area contributed by atoms with E-state index in [0.717, 1.165) is 10.6 Å². The van der Waals surface area contributed by atoms with Crippen molar-refractivity contribution in [2.24, 2.45) is 0 Å². The van der Waals surface area contributed by atoms with Gasteiger partial charge >= 0.3 is 0 Å². The summed E-state index contributed by atoms with van der Waals surface area (Å²) in [5, 5.41) is 27.1. The highest BCUT2D eigenvalue weighted by Crippen LogP contribution is 2.27. The number of nitrogens with one attached hydrogen (secondary N) is 1. The van der Waals surface area contributed by atoms with Crippen molar-refractivity contribution in [3.05, 3.63) is 69.5 Å². The van der Waals surface area contributed by atoms with Crippen LogP contribution >= 0.6 is 11.3 Å². The molecule has 0 saturated carbocycles. The standard InChI is InChI=1S/C18H14N6O3S/c1-10-3-4-13(9-15(10)24(26)27)16(25)19-14-7-5-12(6-8-14)17-22-23-11(2)20-21-18(23)28-17/h3-9H,1-2H3,(H,19,25). The molecule has 0 radical (unpaired) electrons. The molecule has 0 aliphatic heterocycles. The predicted molar refractivity (Wildman–Crippen MR) is 105 cm³/mol. The van der Waals surface area contributed by atoms with Crippen LogP contribution in [-0.4, -0.2) is 30.6 Å². The Balaban J connectivity index is 1.53. The summed E-state index contributed by atoms with van der Waals surface area (Å²) in [6.45, 7) is 3.46. The molecule has 0 aliphatic carbocycles. The second kappa shape index (κ2) is 6.82. The third kappa shape index (κ3) is 3.21. The highest BCUT2D eigenvalue weighted by atomic mass is 32.1. The first kappa shape index (κ1) is 17.7. The number of anilines is 1. The van der Waals surface area contributed by atoms with Crippen molar-refractivity contribution in [3.63, 3.8) is 0 Å². The van der Waals surface area contributed by atoms with E-state index in [1.54, 1.807) is 35.7 Å². The van der Waals surface area contributed by atoms with E-state index in [1.165, 1.54) is 17.4 Å².